The number of rotatable bonds is 4. The van der Waals surface area contributed by atoms with Crippen LogP contribution in [0.25, 0.3) is 0 Å². The summed E-state index contributed by atoms with van der Waals surface area (Å²) in [4.78, 5) is 25.4. The Hall–Kier alpha value is -2.29. The number of benzene rings is 1. The maximum Gasteiger partial charge on any atom is 0.257 e. The van der Waals surface area contributed by atoms with Crippen LogP contribution in [0.4, 0.5) is 4.39 Å². The monoisotopic (exact) mass is 428 g/mol. The Morgan fingerprint density at radius 2 is 2.06 bits per heavy atom. The Kier molecular flexibility index (Phi) is 5.54. The van der Waals surface area contributed by atoms with Gasteiger partial charge in [-0.05, 0) is 64.1 Å². The van der Waals surface area contributed by atoms with Gasteiger partial charge in [-0.15, -0.1) is 5.48 Å². The predicted molar refractivity (Wildman–Crippen MR) is 113 cm³/mol. The summed E-state index contributed by atoms with van der Waals surface area (Å²) in [5.41, 5.74) is 5.63. The van der Waals surface area contributed by atoms with Crippen molar-refractivity contribution in [2.75, 3.05) is 19.6 Å². The van der Waals surface area contributed by atoms with Gasteiger partial charge in [-0.3, -0.25) is 9.36 Å². The molecule has 1 unspecified atom stereocenters. The lowest BCUT2D eigenvalue weighted by molar-refractivity contribution is 0.112. The van der Waals surface area contributed by atoms with Gasteiger partial charge in [0.25, 0.3) is 5.56 Å². The summed E-state index contributed by atoms with van der Waals surface area (Å²) in [7, 11) is 0. The summed E-state index contributed by atoms with van der Waals surface area (Å²) in [6.45, 7) is 5.24. The lowest BCUT2D eigenvalue weighted by Gasteiger charge is -2.34. The average Bonchev–Trinajstić information content (AvgIpc) is 3.18. The van der Waals surface area contributed by atoms with Crippen molar-refractivity contribution in [2.45, 2.75) is 57.7 Å². The van der Waals surface area contributed by atoms with E-state index in [-0.39, 0.29) is 17.4 Å². The fraction of sp³-hybridized carbons (Fsp3) is 0.565. The van der Waals surface area contributed by atoms with Gasteiger partial charge in [0.2, 0.25) is 0 Å². The van der Waals surface area contributed by atoms with Crippen LogP contribution < -0.4 is 15.9 Å². The molecule has 2 atom stereocenters. The van der Waals surface area contributed by atoms with Crippen LogP contribution >= 0.6 is 0 Å². The van der Waals surface area contributed by atoms with E-state index >= 15 is 0 Å². The fourth-order valence-electron chi connectivity index (χ4n) is 5.23. The number of aliphatic hydroxyl groups excluding tert-OH is 1. The van der Waals surface area contributed by atoms with E-state index in [2.05, 4.69) is 15.4 Å². The minimum Gasteiger partial charge on any atom is -0.408 e. The third-order valence-corrected chi connectivity index (χ3v) is 7.04. The molecule has 4 heterocycles. The normalized spacial score (nSPS) is 24.0. The van der Waals surface area contributed by atoms with Crippen molar-refractivity contribution in [3.63, 3.8) is 0 Å². The van der Waals surface area contributed by atoms with Gasteiger partial charge in [0.1, 0.15) is 17.7 Å². The molecule has 1 saturated heterocycles. The second kappa shape index (κ2) is 8.33. The van der Waals surface area contributed by atoms with Crippen LogP contribution in [0, 0.1) is 18.7 Å². The van der Waals surface area contributed by atoms with E-state index in [1.807, 2.05) is 13.0 Å². The highest BCUT2D eigenvalue weighted by molar-refractivity contribution is 5.39. The number of likely N-dealkylation sites (tertiary alicyclic amines) is 1. The number of aryl methyl sites for hydroxylation is 1. The molecular weight excluding hydrogens is 399 g/mol. The van der Waals surface area contributed by atoms with Crippen LogP contribution in [0.15, 0.2) is 23.0 Å². The van der Waals surface area contributed by atoms with Gasteiger partial charge in [0.15, 0.2) is 5.75 Å². The molecule has 166 valence electrons. The first kappa shape index (κ1) is 20.6. The molecule has 5 rings (SSSR count). The molecule has 1 fully saturated rings. The van der Waals surface area contributed by atoms with Crippen molar-refractivity contribution in [1.29, 1.82) is 0 Å². The van der Waals surface area contributed by atoms with Crippen LogP contribution in [0.5, 0.6) is 5.75 Å². The third kappa shape index (κ3) is 3.88. The summed E-state index contributed by atoms with van der Waals surface area (Å²) < 4.78 is 15.1. The zero-order valence-corrected chi connectivity index (χ0v) is 17.8. The van der Waals surface area contributed by atoms with Crippen LogP contribution in [0.2, 0.25) is 0 Å². The first-order valence-electron chi connectivity index (χ1n) is 11.2. The predicted octanol–water partition coefficient (Wildman–Crippen LogP) is 2.41. The van der Waals surface area contributed by atoms with E-state index in [4.69, 9.17) is 4.84 Å². The number of aliphatic hydroxyl groups is 1. The molecule has 0 radical (unpaired) electrons. The van der Waals surface area contributed by atoms with E-state index in [0.29, 0.717) is 36.9 Å². The Bertz CT molecular complexity index is 1030. The van der Waals surface area contributed by atoms with E-state index in [1.165, 1.54) is 12.1 Å². The largest absolute Gasteiger partial charge is 0.408 e. The van der Waals surface area contributed by atoms with Gasteiger partial charge in [0.05, 0.1) is 6.04 Å². The highest BCUT2D eigenvalue weighted by atomic mass is 19.1. The van der Waals surface area contributed by atoms with Gasteiger partial charge in [0, 0.05) is 36.0 Å². The Balaban J connectivity index is 1.20. The zero-order valence-electron chi connectivity index (χ0n) is 17.8. The number of halogens is 1. The summed E-state index contributed by atoms with van der Waals surface area (Å²) in [6.07, 6.45) is 3.55. The van der Waals surface area contributed by atoms with Crippen LogP contribution in [0.1, 0.15) is 60.5 Å². The molecule has 1 aromatic carbocycles. The van der Waals surface area contributed by atoms with Crippen molar-refractivity contribution in [1.82, 2.24) is 19.9 Å². The zero-order chi connectivity index (χ0) is 21.5. The average molecular weight is 429 g/mol. The van der Waals surface area contributed by atoms with Crippen molar-refractivity contribution in [2.24, 2.45) is 5.92 Å². The standard InChI is InChI=1S/C23H29FN4O3/c1-14-17(23(30)28-9-2-3-19(29)22(28)25-14)8-12-27-10-6-15(7-11-27)21-18-5-4-16(24)13-20(18)31-26-21/h4-5,13,15,19,21,26,29H,2-3,6-12H2,1H3/t19-,21?/m1/s1. The summed E-state index contributed by atoms with van der Waals surface area (Å²) in [5, 5.41) is 10.2. The Labute approximate surface area is 180 Å². The number of hydroxylamine groups is 1. The van der Waals surface area contributed by atoms with Gasteiger partial charge in [-0.2, -0.15) is 0 Å². The highest BCUT2D eigenvalue weighted by Gasteiger charge is 2.34. The molecule has 8 heteroatoms. The van der Waals surface area contributed by atoms with Gasteiger partial charge in [-0.25, -0.2) is 9.37 Å². The van der Waals surface area contributed by atoms with E-state index in [1.54, 1.807) is 4.57 Å². The van der Waals surface area contributed by atoms with Crippen LogP contribution in [-0.4, -0.2) is 39.2 Å². The first-order chi connectivity index (χ1) is 15.0. The first-order valence-corrected chi connectivity index (χ1v) is 11.2. The highest BCUT2D eigenvalue weighted by Crippen LogP contribution is 2.39. The summed E-state index contributed by atoms with van der Waals surface area (Å²) >= 11 is 0. The van der Waals surface area contributed by atoms with Crippen molar-refractivity contribution < 1.29 is 14.3 Å². The van der Waals surface area contributed by atoms with Crippen molar-refractivity contribution >= 4 is 0 Å². The van der Waals surface area contributed by atoms with Gasteiger partial charge < -0.3 is 14.8 Å². The maximum absolute atomic E-state index is 13.4. The molecule has 1 aromatic heterocycles. The molecule has 0 saturated carbocycles. The number of nitrogens with zero attached hydrogens (tertiary/aromatic N) is 3. The van der Waals surface area contributed by atoms with Gasteiger partial charge >= 0.3 is 0 Å². The minimum atomic E-state index is -0.636. The summed E-state index contributed by atoms with van der Waals surface area (Å²) in [6, 6.07) is 4.84. The smallest absolute Gasteiger partial charge is 0.257 e. The maximum atomic E-state index is 13.4. The number of fused-ring (bicyclic) bond motifs is 2. The fourth-order valence-corrected chi connectivity index (χ4v) is 5.23. The molecule has 2 aromatic rings. The molecule has 7 nitrogen and oxygen atoms in total. The lowest BCUT2D eigenvalue weighted by atomic mass is 9.86. The second-order valence-corrected chi connectivity index (χ2v) is 8.96. The number of hydrogen-bond donors (Lipinski definition) is 2. The van der Waals surface area contributed by atoms with Crippen LogP contribution in [-0.2, 0) is 13.0 Å². The lowest BCUT2D eigenvalue weighted by Crippen LogP contribution is -2.40. The molecule has 2 N–H and O–H groups in total. The molecule has 3 aliphatic rings. The number of aromatic nitrogens is 2. The molecule has 3 aliphatic heterocycles. The number of nitrogens with one attached hydrogen (secondary N) is 1. The van der Waals surface area contributed by atoms with E-state index in [9.17, 15) is 14.3 Å². The molecule has 0 spiro atoms. The SMILES string of the molecule is Cc1nc2n(c(=O)c1CCN1CCC(C3NOc4cc(F)ccc43)CC1)CCC[C@H]2O. The van der Waals surface area contributed by atoms with E-state index in [0.717, 1.165) is 55.7 Å². The Morgan fingerprint density at radius 1 is 1.26 bits per heavy atom. The number of piperidine rings is 1. The topological polar surface area (TPSA) is 79.6 Å². The third-order valence-electron chi connectivity index (χ3n) is 7.04. The number of hydrogen-bond acceptors (Lipinski definition) is 6. The van der Waals surface area contributed by atoms with Crippen molar-refractivity contribution in [3.05, 3.63) is 57.0 Å². The quantitative estimate of drug-likeness (QED) is 0.779. The Morgan fingerprint density at radius 3 is 2.87 bits per heavy atom. The molecular formula is C23H29FN4O3. The van der Waals surface area contributed by atoms with E-state index < -0.39 is 6.10 Å². The molecule has 31 heavy (non-hydrogen) atoms. The van der Waals surface area contributed by atoms with Crippen LogP contribution in [0.3, 0.4) is 0 Å². The van der Waals surface area contributed by atoms with Gasteiger partial charge in [-0.1, -0.05) is 6.07 Å². The molecule has 0 aliphatic carbocycles. The summed E-state index contributed by atoms with van der Waals surface area (Å²) in [5.74, 6) is 1.26. The van der Waals surface area contributed by atoms with Crippen molar-refractivity contribution in [3.8, 4) is 5.75 Å². The second-order valence-electron chi connectivity index (χ2n) is 8.96. The molecule has 0 amide bonds. The molecule has 0 bridgehead atoms. The minimum absolute atomic E-state index is 0.00674.